The summed E-state index contributed by atoms with van der Waals surface area (Å²) in [7, 11) is 0. The molecule has 0 fully saturated rings. The number of carbonyl (C=O) groups is 10. The molecule has 6 atom stereocenters. The van der Waals surface area contributed by atoms with Crippen molar-refractivity contribution in [2.45, 2.75) is 36.6 Å². The van der Waals surface area contributed by atoms with Crippen LogP contribution in [0.2, 0.25) is 0 Å². The van der Waals surface area contributed by atoms with E-state index in [1.54, 1.807) is 0 Å². The van der Waals surface area contributed by atoms with Gasteiger partial charge in [-0.25, -0.2) is 0 Å². The van der Waals surface area contributed by atoms with E-state index in [-0.39, 0.29) is 0 Å². The molecule has 0 radical (unpaired) electrons. The molecule has 0 heterocycles. The van der Waals surface area contributed by atoms with Crippen molar-refractivity contribution in [1.82, 2.24) is 0 Å². The second-order valence-electron chi connectivity index (χ2n) is 8.17. The van der Waals surface area contributed by atoms with Crippen molar-refractivity contribution >= 4 is 57.8 Å². The van der Waals surface area contributed by atoms with Crippen LogP contribution in [0.3, 0.4) is 0 Å². The van der Waals surface area contributed by atoms with Crippen LogP contribution in [0.1, 0.15) is 0 Å². The zero-order valence-corrected chi connectivity index (χ0v) is 25.0. The third-order valence-electron chi connectivity index (χ3n) is 4.78. The van der Waals surface area contributed by atoms with E-state index in [1.807, 2.05) is 0 Å². The van der Waals surface area contributed by atoms with Gasteiger partial charge in [0, 0.05) is 0 Å². The Hall–Kier alpha value is -4.74. The van der Waals surface area contributed by atoms with E-state index in [2.05, 4.69) is 26.3 Å². The first-order valence-corrected chi connectivity index (χ1v) is 12.6. The van der Waals surface area contributed by atoms with Crippen molar-refractivity contribution in [2.24, 2.45) is 0 Å². The Balaban J connectivity index is -0.000000269. The summed E-state index contributed by atoms with van der Waals surface area (Å²) in [5, 5.41) is 86.0. The maximum Gasteiger partial charge on any atom is 0.276 e. The fourth-order valence-electron chi connectivity index (χ4n) is 1.99. The lowest BCUT2D eigenvalue weighted by atomic mass is 10.1. The molecule has 0 bridgehead atoms. The van der Waals surface area contributed by atoms with Crippen molar-refractivity contribution in [1.29, 1.82) is 0 Å². The minimum absolute atomic E-state index is 0.630. The van der Waals surface area contributed by atoms with Crippen LogP contribution < -0.4 is 0 Å². The van der Waals surface area contributed by atoms with Crippen molar-refractivity contribution in [2.75, 3.05) is 26.4 Å². The highest BCUT2D eigenvalue weighted by molar-refractivity contribution is 6.79. The number of rotatable bonds is 20. The van der Waals surface area contributed by atoms with E-state index in [0.29, 0.717) is 6.08 Å². The summed E-state index contributed by atoms with van der Waals surface area (Å²) in [6, 6.07) is 0. The summed E-state index contributed by atoms with van der Waals surface area (Å²) < 4.78 is 0. The first kappa shape index (κ1) is 50.1. The molecule has 0 aliphatic rings. The lowest BCUT2D eigenvalue weighted by Crippen LogP contribution is -2.42. The van der Waals surface area contributed by atoms with Crippen LogP contribution in [0, 0.1) is 0 Å². The van der Waals surface area contributed by atoms with Gasteiger partial charge in [-0.3, -0.25) is 47.9 Å². The van der Waals surface area contributed by atoms with Crippen LogP contribution in [-0.2, 0) is 47.9 Å². The van der Waals surface area contributed by atoms with Gasteiger partial charge in [0.15, 0.2) is 5.78 Å². The molecule has 0 aromatic carbocycles. The molecule has 0 aromatic heterocycles. The third kappa shape index (κ3) is 19.0. The summed E-state index contributed by atoms with van der Waals surface area (Å²) in [5.41, 5.74) is 0. The Kier molecular flexibility index (Phi) is 28.6. The summed E-state index contributed by atoms with van der Waals surface area (Å²) >= 11 is 0. The second-order valence-corrected chi connectivity index (χ2v) is 8.17. The largest absolute Gasteiger partial charge is 0.388 e. The molecule has 0 saturated heterocycles. The van der Waals surface area contributed by atoms with Gasteiger partial charge in [-0.15, -0.1) is 19.7 Å². The number of aliphatic hydroxyl groups excluding tert-OH is 10. The van der Waals surface area contributed by atoms with E-state index < -0.39 is 121 Å². The maximum atomic E-state index is 10.7. The molecule has 20 nitrogen and oxygen atoms in total. The summed E-state index contributed by atoms with van der Waals surface area (Å²) in [5.74, 6) is -12.6. The van der Waals surface area contributed by atoms with Crippen molar-refractivity contribution < 1.29 is 99.0 Å². The first-order valence-electron chi connectivity index (χ1n) is 12.6. The average molecular weight is 693 g/mol. The van der Waals surface area contributed by atoms with Gasteiger partial charge in [0.1, 0.15) is 63.1 Å². The number of allylic oxidation sites excluding steroid dienone is 1. The van der Waals surface area contributed by atoms with Crippen LogP contribution in [0.15, 0.2) is 50.6 Å². The molecular weight excluding hydrogens is 656 g/mol. The Labute approximate surface area is 270 Å². The van der Waals surface area contributed by atoms with E-state index in [1.165, 1.54) is 0 Å². The highest BCUT2D eigenvalue weighted by atomic mass is 16.4. The van der Waals surface area contributed by atoms with Gasteiger partial charge < -0.3 is 51.1 Å². The van der Waals surface area contributed by atoms with Crippen molar-refractivity contribution in [3.8, 4) is 0 Å². The van der Waals surface area contributed by atoms with Crippen LogP contribution in [0.25, 0.3) is 0 Å². The minimum atomic E-state index is -1.83. The maximum absolute atomic E-state index is 10.7. The number of hydrogen-bond acceptors (Lipinski definition) is 20. The van der Waals surface area contributed by atoms with E-state index >= 15 is 0 Å². The monoisotopic (exact) mass is 692 g/mol. The predicted molar refractivity (Wildman–Crippen MR) is 155 cm³/mol. The first-order chi connectivity index (χ1) is 22.2. The molecule has 0 unspecified atom stereocenters. The molecular formula is C28H36O20. The molecule has 48 heavy (non-hydrogen) atoms. The zero-order valence-electron chi connectivity index (χ0n) is 25.0. The van der Waals surface area contributed by atoms with E-state index in [0.717, 1.165) is 18.2 Å². The normalized spacial score (nSPS) is 13.4. The highest BCUT2D eigenvalue weighted by Crippen LogP contribution is 2.02. The van der Waals surface area contributed by atoms with Gasteiger partial charge in [0.05, 0.1) is 0 Å². The van der Waals surface area contributed by atoms with Gasteiger partial charge in [0.25, 0.3) is 17.3 Å². The summed E-state index contributed by atoms with van der Waals surface area (Å²) in [6.45, 7) is 8.32. The Bertz CT molecular complexity index is 1230. The second kappa shape index (κ2) is 27.4. The molecule has 0 amide bonds. The molecule has 268 valence electrons. The van der Waals surface area contributed by atoms with E-state index in [4.69, 9.17) is 51.1 Å². The summed E-state index contributed by atoms with van der Waals surface area (Å²) in [6.07, 6.45) is -6.41. The Morgan fingerprint density at radius 3 is 1.23 bits per heavy atom. The number of carbonyl (C=O) groups excluding carboxylic acids is 10. The van der Waals surface area contributed by atoms with Gasteiger partial charge in [-0.1, -0.05) is 24.8 Å². The topological polar surface area (TPSA) is 373 Å². The van der Waals surface area contributed by atoms with Crippen molar-refractivity contribution in [3.63, 3.8) is 0 Å². The Morgan fingerprint density at radius 1 is 0.479 bits per heavy atom. The lowest BCUT2D eigenvalue weighted by Gasteiger charge is -2.18. The molecule has 0 spiro atoms. The minimum Gasteiger partial charge on any atom is -0.388 e. The molecule has 0 aliphatic carbocycles. The van der Waals surface area contributed by atoms with Crippen LogP contribution in [-0.4, -0.2) is 172 Å². The quantitative estimate of drug-likeness (QED) is 0.0245. The van der Waals surface area contributed by atoms with Crippen molar-refractivity contribution in [3.05, 3.63) is 50.6 Å². The molecule has 0 rings (SSSR count). The summed E-state index contributed by atoms with van der Waals surface area (Å²) in [4.78, 5) is 105. The highest BCUT2D eigenvalue weighted by Gasteiger charge is 2.29. The lowest BCUT2D eigenvalue weighted by molar-refractivity contribution is -0.148. The van der Waals surface area contributed by atoms with Gasteiger partial charge >= 0.3 is 0 Å². The van der Waals surface area contributed by atoms with Gasteiger partial charge in [0.2, 0.25) is 34.7 Å². The molecule has 0 aromatic rings. The molecule has 0 aliphatic heterocycles. The number of ketones is 10. The number of Topliss-reactive ketones (excluding diaryl/α,β-unsaturated/α-hetero) is 9. The van der Waals surface area contributed by atoms with Crippen LogP contribution in [0.4, 0.5) is 0 Å². The fourth-order valence-corrected chi connectivity index (χ4v) is 1.99. The predicted octanol–water partition coefficient (Wildman–Crippen LogP) is -7.48. The fraction of sp³-hybridized carbons (Fsp3) is 0.357. The zero-order chi connectivity index (χ0) is 38.9. The molecule has 0 saturated carbocycles. The van der Waals surface area contributed by atoms with Gasteiger partial charge in [-0.2, -0.15) is 0 Å². The Morgan fingerprint density at radius 2 is 0.896 bits per heavy atom. The van der Waals surface area contributed by atoms with Crippen LogP contribution in [0.5, 0.6) is 0 Å². The average Bonchev–Trinajstić information content (AvgIpc) is 3.12. The standard InChI is InChI=1S/C7H12O5.C7H10O5.C7H8O5.C7H6O5/c4*1-2-4(9)6(11)7(12)5(10)3-8/h2,4,6-9,11-12H,1,3H2;2,4,6,8-9,11H,1,3H2;2,4,8-9H,1,3H2;2,8H,1,3H2/t4-,6+,7+;4-,6+;4-;/m000./s1. The molecule has 20 heteroatoms. The van der Waals surface area contributed by atoms with Crippen LogP contribution >= 0.6 is 0 Å². The third-order valence-corrected chi connectivity index (χ3v) is 4.78. The number of aliphatic hydroxyl groups is 10. The van der Waals surface area contributed by atoms with Gasteiger partial charge in [-0.05, 0) is 6.08 Å². The smallest absolute Gasteiger partial charge is 0.276 e. The van der Waals surface area contributed by atoms with E-state index in [9.17, 15) is 47.9 Å². The molecule has 10 N–H and O–H groups in total. The SMILES string of the molecule is C=CC(=O)C(=O)C(=O)C(=O)CO.C=C[C@H](O)C(=O)C(=O)C(=O)CO.C=C[C@H](O)[C@@H](O)C(=O)C(=O)CO.C=C[C@H](O)[C@@H](O)[C@H](O)C(=O)CO. The number of hydrogen-bond donors (Lipinski definition) is 10.